The third kappa shape index (κ3) is 3.68. The lowest BCUT2D eigenvalue weighted by atomic mass is 10.0. The van der Waals surface area contributed by atoms with Gasteiger partial charge in [-0.05, 0) is 64.5 Å². The summed E-state index contributed by atoms with van der Waals surface area (Å²) in [5, 5.41) is 0. The molecule has 1 unspecified atom stereocenters. The Kier molecular flexibility index (Phi) is 4.95. The lowest BCUT2D eigenvalue weighted by Gasteiger charge is -2.25. The topological polar surface area (TPSA) is 23.6 Å². The SMILES string of the molecule is Cc1ccc(C(=O)CN(C)CC2CCCN2C)cc1C. The number of benzene rings is 1. The quantitative estimate of drug-likeness (QED) is 0.771. The van der Waals surface area contributed by atoms with Crippen molar-refractivity contribution in [3.63, 3.8) is 0 Å². The lowest BCUT2D eigenvalue weighted by molar-refractivity contribution is 0.0932. The monoisotopic (exact) mass is 274 g/mol. The molecule has 1 fully saturated rings. The number of likely N-dealkylation sites (tertiary alicyclic amines) is 1. The Bertz CT molecular complexity index is 484. The molecule has 0 radical (unpaired) electrons. The summed E-state index contributed by atoms with van der Waals surface area (Å²) < 4.78 is 0. The first-order chi connectivity index (χ1) is 9.47. The summed E-state index contributed by atoms with van der Waals surface area (Å²) >= 11 is 0. The van der Waals surface area contributed by atoms with Crippen molar-refractivity contribution < 1.29 is 4.79 Å². The molecule has 0 aromatic heterocycles. The van der Waals surface area contributed by atoms with Crippen molar-refractivity contribution in [3.05, 3.63) is 34.9 Å². The second kappa shape index (κ2) is 6.51. The lowest BCUT2D eigenvalue weighted by Crippen LogP contribution is -2.38. The molecule has 0 spiro atoms. The highest BCUT2D eigenvalue weighted by molar-refractivity contribution is 5.97. The maximum Gasteiger partial charge on any atom is 0.176 e. The number of rotatable bonds is 5. The molecule has 1 aliphatic heterocycles. The standard InChI is InChI=1S/C17H26N2O/c1-13-7-8-15(10-14(13)2)17(20)12-18(3)11-16-6-5-9-19(16)4/h7-8,10,16H,5-6,9,11-12H2,1-4H3. The van der Waals surface area contributed by atoms with Crippen LogP contribution in [0.4, 0.5) is 0 Å². The van der Waals surface area contributed by atoms with Gasteiger partial charge >= 0.3 is 0 Å². The van der Waals surface area contributed by atoms with Crippen molar-refractivity contribution in [2.45, 2.75) is 32.7 Å². The van der Waals surface area contributed by atoms with E-state index in [-0.39, 0.29) is 5.78 Å². The van der Waals surface area contributed by atoms with Crippen molar-refractivity contribution in [1.29, 1.82) is 0 Å². The van der Waals surface area contributed by atoms with Gasteiger partial charge in [0.15, 0.2) is 5.78 Å². The number of Topliss-reactive ketones (excluding diaryl/α,β-unsaturated/α-hetero) is 1. The van der Waals surface area contributed by atoms with Crippen molar-refractivity contribution in [1.82, 2.24) is 9.80 Å². The van der Waals surface area contributed by atoms with Gasteiger partial charge in [-0.25, -0.2) is 0 Å². The fraction of sp³-hybridized carbons (Fsp3) is 0.588. The van der Waals surface area contributed by atoms with E-state index in [0.29, 0.717) is 12.6 Å². The number of hydrogen-bond donors (Lipinski definition) is 0. The van der Waals surface area contributed by atoms with Gasteiger partial charge in [0.05, 0.1) is 6.54 Å². The fourth-order valence-corrected chi connectivity index (χ4v) is 2.89. The summed E-state index contributed by atoms with van der Waals surface area (Å²) in [7, 11) is 4.22. The summed E-state index contributed by atoms with van der Waals surface area (Å²) in [5.41, 5.74) is 3.26. The Morgan fingerprint density at radius 3 is 2.70 bits per heavy atom. The van der Waals surface area contributed by atoms with E-state index in [2.05, 4.69) is 30.7 Å². The first-order valence-electron chi connectivity index (χ1n) is 7.46. The number of likely N-dealkylation sites (N-methyl/N-ethyl adjacent to an activating group) is 2. The molecule has 1 heterocycles. The van der Waals surface area contributed by atoms with E-state index in [0.717, 1.165) is 12.1 Å². The largest absolute Gasteiger partial charge is 0.302 e. The van der Waals surface area contributed by atoms with Crippen LogP contribution in [0.25, 0.3) is 0 Å². The van der Waals surface area contributed by atoms with E-state index in [1.807, 2.05) is 25.2 Å². The highest BCUT2D eigenvalue weighted by Gasteiger charge is 2.22. The minimum Gasteiger partial charge on any atom is -0.302 e. The number of ketones is 1. The number of carbonyl (C=O) groups excluding carboxylic acids is 1. The number of hydrogen-bond acceptors (Lipinski definition) is 3. The fourth-order valence-electron chi connectivity index (χ4n) is 2.89. The van der Waals surface area contributed by atoms with E-state index in [1.165, 1.54) is 30.5 Å². The van der Waals surface area contributed by atoms with Crippen molar-refractivity contribution in [3.8, 4) is 0 Å². The molecular formula is C17H26N2O. The van der Waals surface area contributed by atoms with E-state index in [1.54, 1.807) is 0 Å². The molecule has 1 aromatic carbocycles. The summed E-state index contributed by atoms with van der Waals surface area (Å²) in [6.45, 7) is 6.80. The molecule has 0 bridgehead atoms. The maximum atomic E-state index is 12.3. The Hall–Kier alpha value is -1.19. The zero-order chi connectivity index (χ0) is 14.7. The molecule has 0 saturated carbocycles. The van der Waals surface area contributed by atoms with E-state index in [4.69, 9.17) is 0 Å². The summed E-state index contributed by atoms with van der Waals surface area (Å²) in [6.07, 6.45) is 2.53. The highest BCUT2D eigenvalue weighted by atomic mass is 16.1. The van der Waals surface area contributed by atoms with Crippen LogP contribution in [0.5, 0.6) is 0 Å². The van der Waals surface area contributed by atoms with Crippen LogP contribution in [0.1, 0.15) is 34.3 Å². The van der Waals surface area contributed by atoms with Crippen LogP contribution in [-0.2, 0) is 0 Å². The Morgan fingerprint density at radius 2 is 2.10 bits per heavy atom. The molecule has 20 heavy (non-hydrogen) atoms. The van der Waals surface area contributed by atoms with Crippen LogP contribution in [-0.4, -0.2) is 55.4 Å². The minimum atomic E-state index is 0.219. The third-order valence-electron chi connectivity index (χ3n) is 4.44. The van der Waals surface area contributed by atoms with Crippen LogP contribution in [0.2, 0.25) is 0 Å². The van der Waals surface area contributed by atoms with Crippen LogP contribution in [0.3, 0.4) is 0 Å². The average molecular weight is 274 g/mol. The molecule has 0 N–H and O–H groups in total. The summed E-state index contributed by atoms with van der Waals surface area (Å²) in [4.78, 5) is 16.9. The molecule has 0 amide bonds. The van der Waals surface area contributed by atoms with Gasteiger partial charge in [0.2, 0.25) is 0 Å². The van der Waals surface area contributed by atoms with Crippen LogP contribution >= 0.6 is 0 Å². The molecule has 3 heteroatoms. The Morgan fingerprint density at radius 1 is 1.35 bits per heavy atom. The third-order valence-corrected chi connectivity index (χ3v) is 4.44. The van der Waals surface area contributed by atoms with Crippen LogP contribution in [0, 0.1) is 13.8 Å². The molecule has 110 valence electrons. The molecular weight excluding hydrogens is 248 g/mol. The minimum absolute atomic E-state index is 0.219. The number of aryl methyl sites for hydroxylation is 2. The summed E-state index contributed by atoms with van der Waals surface area (Å²) in [6, 6.07) is 6.59. The molecule has 1 saturated heterocycles. The van der Waals surface area contributed by atoms with Gasteiger partial charge in [-0.1, -0.05) is 12.1 Å². The predicted molar refractivity (Wildman–Crippen MR) is 83.4 cm³/mol. The second-order valence-electron chi connectivity index (χ2n) is 6.20. The van der Waals surface area contributed by atoms with Gasteiger partial charge in [-0.2, -0.15) is 0 Å². The van der Waals surface area contributed by atoms with Crippen molar-refractivity contribution >= 4 is 5.78 Å². The molecule has 3 nitrogen and oxygen atoms in total. The average Bonchev–Trinajstić information content (AvgIpc) is 2.78. The van der Waals surface area contributed by atoms with Gasteiger partial charge < -0.3 is 4.90 Å². The normalized spacial score (nSPS) is 19.8. The molecule has 0 aliphatic carbocycles. The Labute approximate surface area is 122 Å². The number of nitrogens with zero attached hydrogens (tertiary/aromatic N) is 2. The first kappa shape index (κ1) is 15.2. The van der Waals surface area contributed by atoms with E-state index >= 15 is 0 Å². The van der Waals surface area contributed by atoms with Gasteiger partial charge in [0.25, 0.3) is 0 Å². The van der Waals surface area contributed by atoms with Gasteiger partial charge in [0, 0.05) is 18.2 Å². The Balaban J connectivity index is 1.91. The molecule has 1 aliphatic rings. The van der Waals surface area contributed by atoms with Gasteiger partial charge in [-0.3, -0.25) is 9.69 Å². The highest BCUT2D eigenvalue weighted by Crippen LogP contribution is 2.16. The van der Waals surface area contributed by atoms with E-state index < -0.39 is 0 Å². The van der Waals surface area contributed by atoms with E-state index in [9.17, 15) is 4.79 Å². The van der Waals surface area contributed by atoms with Gasteiger partial charge in [-0.15, -0.1) is 0 Å². The van der Waals surface area contributed by atoms with Gasteiger partial charge in [0.1, 0.15) is 0 Å². The van der Waals surface area contributed by atoms with Crippen LogP contribution in [0.15, 0.2) is 18.2 Å². The number of carbonyl (C=O) groups is 1. The smallest absolute Gasteiger partial charge is 0.176 e. The predicted octanol–water partition coefficient (Wildman–Crippen LogP) is 2.51. The zero-order valence-electron chi connectivity index (χ0n) is 13.1. The molecule has 1 aromatic rings. The van der Waals surface area contributed by atoms with Crippen LogP contribution < -0.4 is 0 Å². The molecule has 1 atom stereocenters. The first-order valence-corrected chi connectivity index (χ1v) is 7.46. The molecule has 2 rings (SSSR count). The van der Waals surface area contributed by atoms with Crippen molar-refractivity contribution in [2.75, 3.05) is 33.7 Å². The van der Waals surface area contributed by atoms with Crippen molar-refractivity contribution in [2.24, 2.45) is 0 Å². The second-order valence-corrected chi connectivity index (χ2v) is 6.20. The maximum absolute atomic E-state index is 12.3. The zero-order valence-corrected chi connectivity index (χ0v) is 13.1. The summed E-state index contributed by atoms with van der Waals surface area (Å²) in [5.74, 6) is 0.219.